The molecule has 1 amide bonds. The summed E-state index contributed by atoms with van der Waals surface area (Å²) in [6.07, 6.45) is 3.71. The van der Waals surface area contributed by atoms with E-state index in [1.807, 2.05) is 6.92 Å². The van der Waals surface area contributed by atoms with E-state index in [0.717, 1.165) is 36.7 Å². The van der Waals surface area contributed by atoms with Gasteiger partial charge in [0.05, 0.1) is 6.04 Å². The number of nitrogens with zero attached hydrogens (tertiary/aromatic N) is 1. The SMILES string of the molecule is CCCN(CC)C(C)C(=O)Nc1c(C)cccc1C(C)C1CC1.Cl. The van der Waals surface area contributed by atoms with Gasteiger partial charge in [-0.2, -0.15) is 0 Å². The second kappa shape index (κ2) is 9.43. The highest BCUT2D eigenvalue weighted by atomic mass is 35.5. The van der Waals surface area contributed by atoms with Crippen molar-refractivity contribution < 1.29 is 4.79 Å². The maximum absolute atomic E-state index is 12.7. The average molecular weight is 353 g/mol. The molecule has 1 fully saturated rings. The van der Waals surface area contributed by atoms with E-state index >= 15 is 0 Å². The molecule has 3 nitrogen and oxygen atoms in total. The number of anilines is 1. The molecule has 2 rings (SSSR count). The van der Waals surface area contributed by atoms with Gasteiger partial charge in [-0.25, -0.2) is 0 Å². The van der Waals surface area contributed by atoms with Gasteiger partial charge in [0.15, 0.2) is 0 Å². The van der Waals surface area contributed by atoms with Gasteiger partial charge < -0.3 is 5.32 Å². The highest BCUT2D eigenvalue weighted by molar-refractivity contribution is 5.96. The highest BCUT2D eigenvalue weighted by Gasteiger charge is 2.31. The number of nitrogens with one attached hydrogen (secondary N) is 1. The van der Waals surface area contributed by atoms with Crippen LogP contribution in [0.4, 0.5) is 5.69 Å². The Morgan fingerprint density at radius 1 is 1.29 bits per heavy atom. The Morgan fingerprint density at radius 3 is 2.50 bits per heavy atom. The van der Waals surface area contributed by atoms with Gasteiger partial charge in [-0.3, -0.25) is 9.69 Å². The first-order valence-corrected chi connectivity index (χ1v) is 9.13. The van der Waals surface area contributed by atoms with E-state index in [4.69, 9.17) is 0 Å². The van der Waals surface area contributed by atoms with E-state index in [0.29, 0.717) is 5.92 Å². The van der Waals surface area contributed by atoms with Crippen LogP contribution < -0.4 is 5.32 Å². The zero-order valence-corrected chi connectivity index (χ0v) is 16.6. The molecule has 1 aromatic rings. The molecule has 1 saturated carbocycles. The van der Waals surface area contributed by atoms with Crippen LogP contribution in [-0.2, 0) is 4.79 Å². The normalized spacial score (nSPS) is 16.4. The average Bonchev–Trinajstić information content (AvgIpc) is 3.38. The van der Waals surface area contributed by atoms with Gasteiger partial charge in [0.2, 0.25) is 5.91 Å². The standard InChI is InChI=1S/C20H32N2O.ClH/c1-6-13-22(7-2)16(5)20(23)21-19-14(3)9-8-10-18(19)15(4)17-11-12-17;/h8-10,15-17H,6-7,11-13H2,1-5H3,(H,21,23);1H. The first kappa shape index (κ1) is 21.0. The minimum atomic E-state index is -0.0939. The van der Waals surface area contributed by atoms with Gasteiger partial charge in [0.1, 0.15) is 0 Å². The number of likely N-dealkylation sites (N-methyl/N-ethyl adjacent to an activating group) is 1. The van der Waals surface area contributed by atoms with Gasteiger partial charge in [0, 0.05) is 5.69 Å². The summed E-state index contributed by atoms with van der Waals surface area (Å²) in [5.74, 6) is 1.43. The number of halogens is 1. The lowest BCUT2D eigenvalue weighted by Gasteiger charge is -2.27. The van der Waals surface area contributed by atoms with Crippen LogP contribution in [0, 0.1) is 12.8 Å². The Labute approximate surface area is 153 Å². The summed E-state index contributed by atoms with van der Waals surface area (Å²) in [4.78, 5) is 15.0. The molecule has 2 atom stereocenters. The third-order valence-electron chi connectivity index (χ3n) is 5.22. The van der Waals surface area contributed by atoms with Crippen LogP contribution in [-0.4, -0.2) is 29.9 Å². The third kappa shape index (κ3) is 4.97. The number of aryl methyl sites for hydroxylation is 1. The lowest BCUT2D eigenvalue weighted by atomic mass is 9.92. The van der Waals surface area contributed by atoms with Gasteiger partial charge in [-0.15, -0.1) is 12.4 Å². The molecule has 4 heteroatoms. The van der Waals surface area contributed by atoms with Gasteiger partial charge >= 0.3 is 0 Å². The van der Waals surface area contributed by atoms with Crippen molar-refractivity contribution in [2.45, 2.75) is 65.8 Å². The smallest absolute Gasteiger partial charge is 0.241 e. The number of hydrogen-bond acceptors (Lipinski definition) is 2. The summed E-state index contributed by atoms with van der Waals surface area (Å²) >= 11 is 0. The number of amides is 1. The quantitative estimate of drug-likeness (QED) is 0.714. The summed E-state index contributed by atoms with van der Waals surface area (Å²) in [7, 11) is 0. The zero-order chi connectivity index (χ0) is 17.0. The van der Waals surface area contributed by atoms with E-state index in [2.05, 4.69) is 56.1 Å². The van der Waals surface area contributed by atoms with Gasteiger partial charge in [-0.1, -0.05) is 39.0 Å². The summed E-state index contributed by atoms with van der Waals surface area (Å²) in [6, 6.07) is 6.29. The van der Waals surface area contributed by atoms with Crippen molar-refractivity contribution in [1.29, 1.82) is 0 Å². The molecule has 0 aromatic heterocycles. The molecule has 0 radical (unpaired) electrons. The fourth-order valence-electron chi connectivity index (χ4n) is 3.40. The number of carbonyl (C=O) groups excluding carboxylic acids is 1. The summed E-state index contributed by atoms with van der Waals surface area (Å²) in [6.45, 7) is 12.5. The van der Waals surface area contributed by atoms with Crippen LogP contribution in [0.1, 0.15) is 64.0 Å². The third-order valence-corrected chi connectivity index (χ3v) is 5.22. The van der Waals surface area contributed by atoms with Crippen LogP contribution in [0.3, 0.4) is 0 Å². The van der Waals surface area contributed by atoms with Crippen LogP contribution in [0.15, 0.2) is 18.2 Å². The molecule has 1 aliphatic rings. The predicted octanol–water partition coefficient (Wildman–Crippen LogP) is 4.99. The van der Waals surface area contributed by atoms with Crippen molar-refractivity contribution >= 4 is 24.0 Å². The van der Waals surface area contributed by atoms with E-state index < -0.39 is 0 Å². The lowest BCUT2D eigenvalue weighted by molar-refractivity contribution is -0.120. The summed E-state index contributed by atoms with van der Waals surface area (Å²) in [5.41, 5.74) is 3.50. The summed E-state index contributed by atoms with van der Waals surface area (Å²) in [5, 5.41) is 3.23. The number of rotatable bonds is 8. The topological polar surface area (TPSA) is 32.3 Å². The highest BCUT2D eigenvalue weighted by Crippen LogP contribution is 2.44. The number of hydrogen-bond donors (Lipinski definition) is 1. The largest absolute Gasteiger partial charge is 0.324 e. The second-order valence-electron chi connectivity index (χ2n) is 6.96. The Hall–Kier alpha value is -1.06. The van der Waals surface area contributed by atoms with Crippen molar-refractivity contribution in [3.63, 3.8) is 0 Å². The maximum Gasteiger partial charge on any atom is 0.241 e. The van der Waals surface area contributed by atoms with E-state index in [1.54, 1.807) is 0 Å². The molecule has 1 aliphatic carbocycles. The van der Waals surface area contributed by atoms with Crippen LogP contribution in [0.5, 0.6) is 0 Å². The van der Waals surface area contributed by atoms with E-state index in [9.17, 15) is 4.79 Å². The van der Waals surface area contributed by atoms with Crippen LogP contribution in [0.25, 0.3) is 0 Å². The van der Waals surface area contributed by atoms with Crippen molar-refractivity contribution in [1.82, 2.24) is 4.90 Å². The number of benzene rings is 1. The first-order chi connectivity index (χ1) is 11.0. The van der Waals surface area contributed by atoms with Gasteiger partial charge in [-0.05, 0) is 69.2 Å². The molecule has 2 unspecified atom stereocenters. The minimum Gasteiger partial charge on any atom is -0.324 e. The monoisotopic (exact) mass is 352 g/mol. The molecule has 1 N–H and O–H groups in total. The minimum absolute atomic E-state index is 0. The fraction of sp³-hybridized carbons (Fsp3) is 0.650. The summed E-state index contributed by atoms with van der Waals surface area (Å²) < 4.78 is 0. The Balaban J connectivity index is 0.00000288. The molecular formula is C20H33ClN2O. The molecule has 0 bridgehead atoms. The van der Waals surface area contributed by atoms with E-state index in [-0.39, 0.29) is 24.4 Å². The molecule has 24 heavy (non-hydrogen) atoms. The van der Waals surface area contributed by atoms with Crippen molar-refractivity contribution in [3.8, 4) is 0 Å². The van der Waals surface area contributed by atoms with Crippen LogP contribution >= 0.6 is 12.4 Å². The molecular weight excluding hydrogens is 320 g/mol. The van der Waals surface area contributed by atoms with Crippen molar-refractivity contribution in [3.05, 3.63) is 29.3 Å². The Bertz CT molecular complexity index is 542. The van der Waals surface area contributed by atoms with Gasteiger partial charge in [0.25, 0.3) is 0 Å². The number of carbonyl (C=O) groups is 1. The predicted molar refractivity (Wildman–Crippen MR) is 105 cm³/mol. The molecule has 0 spiro atoms. The van der Waals surface area contributed by atoms with Crippen molar-refractivity contribution in [2.75, 3.05) is 18.4 Å². The molecule has 0 saturated heterocycles. The maximum atomic E-state index is 12.7. The first-order valence-electron chi connectivity index (χ1n) is 9.13. The van der Waals surface area contributed by atoms with Crippen molar-refractivity contribution in [2.24, 2.45) is 5.92 Å². The zero-order valence-electron chi connectivity index (χ0n) is 15.8. The Kier molecular flexibility index (Phi) is 8.24. The van der Waals surface area contributed by atoms with E-state index in [1.165, 1.54) is 18.4 Å². The lowest BCUT2D eigenvalue weighted by Crippen LogP contribution is -2.42. The fourth-order valence-corrected chi connectivity index (χ4v) is 3.40. The second-order valence-corrected chi connectivity index (χ2v) is 6.96. The Morgan fingerprint density at radius 2 is 1.96 bits per heavy atom. The molecule has 1 aromatic carbocycles. The van der Waals surface area contributed by atoms with Crippen LogP contribution in [0.2, 0.25) is 0 Å². The molecule has 136 valence electrons. The number of para-hydroxylation sites is 1. The molecule has 0 aliphatic heterocycles. The molecule has 0 heterocycles.